The van der Waals surface area contributed by atoms with Gasteiger partial charge < -0.3 is 10.7 Å². The number of aromatic nitrogens is 3. The molecule has 1 aromatic carbocycles. The number of nitrogens with zero attached hydrogens (tertiary/aromatic N) is 5. The van der Waals surface area contributed by atoms with E-state index in [9.17, 15) is 4.79 Å². The topological polar surface area (TPSA) is 80.3 Å². The van der Waals surface area contributed by atoms with Gasteiger partial charge in [0, 0.05) is 42.2 Å². The first-order chi connectivity index (χ1) is 17.2. The number of piperazine rings is 1. The third-order valence-corrected chi connectivity index (χ3v) is 9.34. The van der Waals surface area contributed by atoms with Crippen LogP contribution in [-0.4, -0.2) is 58.0 Å². The molecule has 2 N–H and O–H groups in total. The van der Waals surface area contributed by atoms with Crippen LogP contribution in [0.2, 0.25) is 0 Å². The lowest BCUT2D eigenvalue weighted by molar-refractivity contribution is 0.258. The largest absolute Gasteiger partial charge is 0.354 e. The molecule has 1 saturated heterocycles. The average Bonchev–Trinajstić information content (AvgIpc) is 3.28. The van der Waals surface area contributed by atoms with Crippen molar-refractivity contribution >= 4 is 50.0 Å². The van der Waals surface area contributed by atoms with Crippen LogP contribution in [0.5, 0.6) is 0 Å². The van der Waals surface area contributed by atoms with E-state index in [-0.39, 0.29) is 5.56 Å². The van der Waals surface area contributed by atoms with Crippen LogP contribution in [0.4, 0.5) is 5.82 Å². The van der Waals surface area contributed by atoms with Gasteiger partial charge in [-0.3, -0.25) is 9.69 Å². The van der Waals surface area contributed by atoms with E-state index in [0.717, 1.165) is 85.7 Å². The fraction of sp³-hybridized carbons (Fsp3) is 0.423. The van der Waals surface area contributed by atoms with Gasteiger partial charge in [-0.05, 0) is 62.4 Å². The van der Waals surface area contributed by atoms with Gasteiger partial charge in [-0.15, -0.1) is 11.3 Å². The van der Waals surface area contributed by atoms with E-state index in [4.69, 9.17) is 15.8 Å². The zero-order valence-corrected chi connectivity index (χ0v) is 21.4. The van der Waals surface area contributed by atoms with Gasteiger partial charge in [0.2, 0.25) is 0 Å². The molecule has 1 aliphatic heterocycles. The number of aryl methyl sites for hydroxylation is 2. The Hall–Kier alpha value is -2.62. The number of hydrogen-bond acceptors (Lipinski definition) is 8. The number of nitrogens with two attached hydrogens (primary N) is 1. The molecule has 3 aromatic heterocycles. The van der Waals surface area contributed by atoms with Gasteiger partial charge in [0.05, 0.1) is 10.9 Å². The highest BCUT2D eigenvalue weighted by atomic mass is 32.2. The lowest BCUT2D eigenvalue weighted by Crippen LogP contribution is -2.47. The summed E-state index contributed by atoms with van der Waals surface area (Å²) < 4.78 is 1.27. The molecular formula is C26H30N6OS2. The molecule has 6 rings (SSSR count). The number of pyridine rings is 1. The standard InChI is InChI=1S/C26H30N6OS2/c27-32-25(33)23-19-7-2-4-9-21(19)35-24(23)29-26(32)34-17-5-12-30-13-15-31(16-14-30)22-11-10-18-6-1-3-8-20(18)28-22/h1,3,6,8,10-11H,2,4-5,7,9,12-17,27H2. The Morgan fingerprint density at radius 3 is 2.71 bits per heavy atom. The van der Waals surface area contributed by atoms with Crippen LogP contribution in [-0.2, 0) is 12.8 Å². The van der Waals surface area contributed by atoms with Crippen molar-refractivity contribution in [2.75, 3.05) is 49.2 Å². The van der Waals surface area contributed by atoms with Crippen molar-refractivity contribution in [2.45, 2.75) is 37.3 Å². The third kappa shape index (κ3) is 4.52. The molecule has 0 bridgehead atoms. The molecule has 1 fully saturated rings. The Morgan fingerprint density at radius 1 is 1.00 bits per heavy atom. The lowest BCUT2D eigenvalue weighted by Gasteiger charge is -2.35. The SMILES string of the molecule is Nn1c(SCCCN2CCN(c3ccc4ccccc4n3)CC2)nc2sc3c(c2c1=O)CCCC3. The van der Waals surface area contributed by atoms with Crippen LogP contribution < -0.4 is 16.3 Å². The number of benzene rings is 1. The molecule has 4 aromatic rings. The zero-order valence-electron chi connectivity index (χ0n) is 19.8. The van der Waals surface area contributed by atoms with Gasteiger partial charge in [0.25, 0.3) is 5.56 Å². The van der Waals surface area contributed by atoms with E-state index in [1.165, 1.54) is 26.9 Å². The van der Waals surface area contributed by atoms with Crippen molar-refractivity contribution in [1.29, 1.82) is 0 Å². The van der Waals surface area contributed by atoms with E-state index in [1.54, 1.807) is 23.1 Å². The normalized spacial score (nSPS) is 16.7. The highest BCUT2D eigenvalue weighted by molar-refractivity contribution is 7.99. The van der Waals surface area contributed by atoms with E-state index < -0.39 is 0 Å². The summed E-state index contributed by atoms with van der Waals surface area (Å²) in [6, 6.07) is 12.6. The molecule has 0 radical (unpaired) electrons. The molecule has 0 amide bonds. The molecule has 0 saturated carbocycles. The van der Waals surface area contributed by atoms with Crippen molar-refractivity contribution in [3.05, 3.63) is 57.2 Å². The van der Waals surface area contributed by atoms with Crippen LogP contribution in [0.15, 0.2) is 46.3 Å². The van der Waals surface area contributed by atoms with E-state index in [1.807, 2.05) is 6.07 Å². The minimum Gasteiger partial charge on any atom is -0.354 e. The van der Waals surface area contributed by atoms with Crippen LogP contribution in [0, 0.1) is 0 Å². The number of fused-ring (bicyclic) bond motifs is 4. The molecule has 4 heterocycles. The first-order valence-corrected chi connectivity index (χ1v) is 14.3. The van der Waals surface area contributed by atoms with Gasteiger partial charge >= 0.3 is 0 Å². The summed E-state index contributed by atoms with van der Waals surface area (Å²) in [4.78, 5) is 29.7. The van der Waals surface area contributed by atoms with Gasteiger partial charge in [0.15, 0.2) is 5.16 Å². The van der Waals surface area contributed by atoms with Crippen LogP contribution >= 0.6 is 23.1 Å². The summed E-state index contributed by atoms with van der Waals surface area (Å²) in [5.74, 6) is 8.14. The molecule has 7 nitrogen and oxygen atoms in total. The maximum Gasteiger partial charge on any atom is 0.281 e. The monoisotopic (exact) mass is 506 g/mol. The summed E-state index contributed by atoms with van der Waals surface area (Å²) >= 11 is 3.28. The number of anilines is 1. The Labute approximate surface area is 212 Å². The lowest BCUT2D eigenvalue weighted by atomic mass is 9.97. The quantitative estimate of drug-likeness (QED) is 0.184. The van der Waals surface area contributed by atoms with Crippen molar-refractivity contribution < 1.29 is 0 Å². The maximum absolute atomic E-state index is 13.0. The highest BCUT2D eigenvalue weighted by Gasteiger charge is 2.22. The molecule has 0 spiro atoms. The summed E-state index contributed by atoms with van der Waals surface area (Å²) in [5, 5.41) is 2.58. The van der Waals surface area contributed by atoms with Gasteiger partial charge in [-0.2, -0.15) is 0 Å². The molecule has 0 atom stereocenters. The van der Waals surface area contributed by atoms with E-state index in [0.29, 0.717) is 5.16 Å². The number of thiophene rings is 1. The summed E-state index contributed by atoms with van der Waals surface area (Å²) in [6.07, 6.45) is 5.42. The molecule has 2 aliphatic rings. The zero-order chi connectivity index (χ0) is 23.8. The predicted octanol–water partition coefficient (Wildman–Crippen LogP) is 3.90. The summed E-state index contributed by atoms with van der Waals surface area (Å²) in [5.41, 5.74) is 2.16. The maximum atomic E-state index is 13.0. The number of thioether (sulfide) groups is 1. The molecule has 1 aliphatic carbocycles. The Balaban J connectivity index is 1.02. The number of hydrogen-bond donors (Lipinski definition) is 1. The molecule has 35 heavy (non-hydrogen) atoms. The fourth-order valence-corrected chi connectivity index (χ4v) is 7.33. The van der Waals surface area contributed by atoms with Crippen molar-refractivity contribution in [3.8, 4) is 0 Å². The van der Waals surface area contributed by atoms with Crippen molar-refractivity contribution in [3.63, 3.8) is 0 Å². The summed E-state index contributed by atoms with van der Waals surface area (Å²) in [7, 11) is 0. The smallest absolute Gasteiger partial charge is 0.281 e. The Bertz CT molecular complexity index is 1420. The number of para-hydroxylation sites is 1. The molecule has 9 heteroatoms. The first-order valence-electron chi connectivity index (χ1n) is 12.5. The van der Waals surface area contributed by atoms with Crippen molar-refractivity contribution in [2.24, 2.45) is 0 Å². The van der Waals surface area contributed by atoms with Gasteiger partial charge in [-0.25, -0.2) is 14.6 Å². The average molecular weight is 507 g/mol. The Morgan fingerprint density at radius 2 is 1.83 bits per heavy atom. The van der Waals surface area contributed by atoms with Gasteiger partial charge in [0.1, 0.15) is 10.6 Å². The highest BCUT2D eigenvalue weighted by Crippen LogP contribution is 2.34. The minimum atomic E-state index is -0.0877. The predicted molar refractivity (Wildman–Crippen MR) is 146 cm³/mol. The van der Waals surface area contributed by atoms with Crippen LogP contribution in [0.3, 0.4) is 0 Å². The van der Waals surface area contributed by atoms with Crippen LogP contribution in [0.25, 0.3) is 21.1 Å². The molecular weight excluding hydrogens is 476 g/mol. The third-order valence-electron chi connectivity index (χ3n) is 7.12. The second-order valence-corrected chi connectivity index (χ2v) is 11.5. The van der Waals surface area contributed by atoms with Gasteiger partial charge in [-0.1, -0.05) is 30.0 Å². The molecule has 182 valence electrons. The second-order valence-electron chi connectivity index (χ2n) is 9.35. The fourth-order valence-electron chi connectivity index (χ4n) is 5.18. The van der Waals surface area contributed by atoms with E-state index in [2.05, 4.69) is 40.1 Å². The number of nitrogen functional groups attached to an aromatic ring is 1. The van der Waals surface area contributed by atoms with E-state index >= 15 is 0 Å². The van der Waals surface area contributed by atoms with Crippen LogP contribution in [0.1, 0.15) is 29.7 Å². The first kappa shape index (κ1) is 22.8. The second kappa shape index (κ2) is 9.79. The minimum absolute atomic E-state index is 0.0877. The summed E-state index contributed by atoms with van der Waals surface area (Å²) in [6.45, 7) is 5.08. The molecule has 0 unspecified atom stereocenters. The Kier molecular flexibility index (Phi) is 6.39. The van der Waals surface area contributed by atoms with Crippen molar-refractivity contribution in [1.82, 2.24) is 19.5 Å². The number of rotatable bonds is 6.